The summed E-state index contributed by atoms with van der Waals surface area (Å²) in [7, 11) is -3.28. The Kier molecular flexibility index (Phi) is 7.89. The molecule has 2 amide bonds. The highest BCUT2D eigenvalue weighted by atomic mass is 35.5. The normalized spacial score (nSPS) is 11.1. The number of nitrogens with zero attached hydrogens (tertiary/aromatic N) is 1. The molecule has 8 heteroatoms. The molecule has 0 heterocycles. The van der Waals surface area contributed by atoms with Crippen LogP contribution in [0.15, 0.2) is 77.7 Å². The minimum absolute atomic E-state index is 0.0213. The Morgan fingerprint density at radius 3 is 2.18 bits per heavy atom. The zero-order valence-electron chi connectivity index (χ0n) is 18.4. The Morgan fingerprint density at radius 1 is 0.939 bits per heavy atom. The third-order valence-electron chi connectivity index (χ3n) is 5.14. The lowest BCUT2D eigenvalue weighted by Gasteiger charge is -2.21. The fourth-order valence-corrected chi connectivity index (χ4v) is 4.48. The quantitative estimate of drug-likeness (QED) is 0.488. The summed E-state index contributed by atoms with van der Waals surface area (Å²) in [6, 6.07) is 20.3. The van der Waals surface area contributed by atoms with Crippen molar-refractivity contribution in [2.75, 3.05) is 22.5 Å². The molecule has 3 aromatic carbocycles. The molecule has 0 spiro atoms. The summed E-state index contributed by atoms with van der Waals surface area (Å²) in [5.74, 6) is -0.489. The Labute approximate surface area is 199 Å². The van der Waals surface area contributed by atoms with Crippen LogP contribution in [-0.2, 0) is 21.1 Å². The van der Waals surface area contributed by atoms with E-state index in [0.29, 0.717) is 23.4 Å². The summed E-state index contributed by atoms with van der Waals surface area (Å²) in [6.07, 6.45) is 0.0718. The van der Waals surface area contributed by atoms with Crippen LogP contribution in [0.4, 0.5) is 11.4 Å². The second-order valence-corrected chi connectivity index (χ2v) is 10.0. The molecule has 0 aliphatic carbocycles. The van der Waals surface area contributed by atoms with E-state index >= 15 is 0 Å². The molecule has 0 unspecified atom stereocenters. The van der Waals surface area contributed by atoms with Gasteiger partial charge in [0.1, 0.15) is 0 Å². The first kappa shape index (κ1) is 24.5. The molecule has 3 rings (SSSR count). The molecule has 0 aliphatic heterocycles. The van der Waals surface area contributed by atoms with Gasteiger partial charge in [0.15, 0.2) is 9.84 Å². The van der Waals surface area contributed by atoms with E-state index in [-0.39, 0.29) is 33.9 Å². The van der Waals surface area contributed by atoms with Gasteiger partial charge in [-0.2, -0.15) is 0 Å². The number of halogens is 1. The topological polar surface area (TPSA) is 83.6 Å². The number of carbonyl (C=O) groups excluding carboxylic acids is 2. The van der Waals surface area contributed by atoms with E-state index in [0.717, 1.165) is 5.69 Å². The SMILES string of the molecule is CCN(C(=O)c1ccc(NC(=O)Cc2ccc(S(=O)(=O)CC)cc2)cc1Cl)c1ccccc1. The maximum Gasteiger partial charge on any atom is 0.259 e. The van der Waals surface area contributed by atoms with Gasteiger partial charge in [0.25, 0.3) is 5.91 Å². The van der Waals surface area contributed by atoms with Crippen LogP contribution in [0.25, 0.3) is 0 Å². The van der Waals surface area contributed by atoms with Crippen LogP contribution in [0.3, 0.4) is 0 Å². The molecule has 0 bridgehead atoms. The number of para-hydroxylation sites is 1. The summed E-state index contributed by atoms with van der Waals surface area (Å²) in [5.41, 5.74) is 2.26. The van der Waals surface area contributed by atoms with E-state index < -0.39 is 9.84 Å². The highest BCUT2D eigenvalue weighted by molar-refractivity contribution is 7.91. The van der Waals surface area contributed by atoms with Crippen molar-refractivity contribution < 1.29 is 18.0 Å². The maximum absolute atomic E-state index is 13.0. The molecule has 172 valence electrons. The fourth-order valence-electron chi connectivity index (χ4n) is 3.33. The minimum atomic E-state index is -3.28. The van der Waals surface area contributed by atoms with Crippen molar-refractivity contribution in [1.82, 2.24) is 0 Å². The van der Waals surface area contributed by atoms with Gasteiger partial charge in [0.05, 0.1) is 27.7 Å². The van der Waals surface area contributed by atoms with Crippen LogP contribution in [0, 0.1) is 0 Å². The number of nitrogens with one attached hydrogen (secondary N) is 1. The van der Waals surface area contributed by atoms with Crippen LogP contribution in [0.2, 0.25) is 5.02 Å². The fraction of sp³-hybridized carbons (Fsp3) is 0.200. The van der Waals surface area contributed by atoms with Crippen molar-refractivity contribution in [3.8, 4) is 0 Å². The second-order valence-electron chi connectivity index (χ2n) is 7.35. The second kappa shape index (κ2) is 10.6. The highest BCUT2D eigenvalue weighted by Gasteiger charge is 2.19. The smallest absolute Gasteiger partial charge is 0.259 e. The lowest BCUT2D eigenvalue weighted by Crippen LogP contribution is -2.30. The predicted octanol–water partition coefficient (Wildman–Crippen LogP) is 4.98. The summed E-state index contributed by atoms with van der Waals surface area (Å²) in [4.78, 5) is 27.3. The van der Waals surface area contributed by atoms with Crippen LogP contribution < -0.4 is 10.2 Å². The molecular formula is C25H25ClN2O4S. The molecule has 0 fully saturated rings. The van der Waals surface area contributed by atoms with Gasteiger partial charge in [-0.1, -0.05) is 48.9 Å². The third-order valence-corrected chi connectivity index (χ3v) is 7.20. The molecule has 0 atom stereocenters. The number of hydrogen-bond donors (Lipinski definition) is 1. The van der Waals surface area contributed by atoms with Gasteiger partial charge in [-0.15, -0.1) is 0 Å². The Bertz CT molecular complexity index is 1240. The number of benzene rings is 3. The summed E-state index contributed by atoms with van der Waals surface area (Å²) in [5, 5.41) is 3.00. The number of sulfone groups is 1. The van der Waals surface area contributed by atoms with Crippen molar-refractivity contribution in [2.45, 2.75) is 25.2 Å². The molecule has 33 heavy (non-hydrogen) atoms. The maximum atomic E-state index is 13.0. The van der Waals surface area contributed by atoms with Crippen molar-refractivity contribution in [2.24, 2.45) is 0 Å². The van der Waals surface area contributed by atoms with E-state index in [1.807, 2.05) is 37.3 Å². The van der Waals surface area contributed by atoms with Crippen LogP contribution in [-0.4, -0.2) is 32.5 Å². The van der Waals surface area contributed by atoms with Crippen molar-refractivity contribution >= 4 is 44.6 Å². The molecule has 0 aliphatic rings. The van der Waals surface area contributed by atoms with Gasteiger partial charge in [-0.05, 0) is 55.0 Å². The van der Waals surface area contributed by atoms with Crippen LogP contribution >= 0.6 is 11.6 Å². The molecular weight excluding hydrogens is 460 g/mol. The molecule has 1 N–H and O–H groups in total. The van der Waals surface area contributed by atoms with Gasteiger partial charge in [0, 0.05) is 17.9 Å². The molecule has 3 aromatic rings. The summed E-state index contributed by atoms with van der Waals surface area (Å²) in [6.45, 7) is 3.95. The first-order valence-corrected chi connectivity index (χ1v) is 12.6. The molecule has 0 aromatic heterocycles. The zero-order chi connectivity index (χ0) is 24.0. The number of amides is 2. The molecule has 0 radical (unpaired) electrons. The van der Waals surface area contributed by atoms with E-state index in [2.05, 4.69) is 5.32 Å². The molecule has 6 nitrogen and oxygen atoms in total. The van der Waals surface area contributed by atoms with Gasteiger partial charge >= 0.3 is 0 Å². The minimum Gasteiger partial charge on any atom is -0.326 e. The van der Waals surface area contributed by atoms with Crippen LogP contribution in [0.5, 0.6) is 0 Å². The number of carbonyl (C=O) groups is 2. The lowest BCUT2D eigenvalue weighted by molar-refractivity contribution is -0.115. The third kappa shape index (κ3) is 6.00. The van der Waals surface area contributed by atoms with Crippen molar-refractivity contribution in [1.29, 1.82) is 0 Å². The van der Waals surface area contributed by atoms with Gasteiger partial charge < -0.3 is 10.2 Å². The zero-order valence-corrected chi connectivity index (χ0v) is 20.0. The van der Waals surface area contributed by atoms with E-state index in [9.17, 15) is 18.0 Å². The molecule has 0 saturated heterocycles. The van der Waals surface area contributed by atoms with E-state index in [1.165, 1.54) is 12.1 Å². The Hall–Kier alpha value is -3.16. The van der Waals surface area contributed by atoms with Gasteiger partial charge in [-0.25, -0.2) is 8.42 Å². The van der Waals surface area contributed by atoms with Crippen molar-refractivity contribution in [3.63, 3.8) is 0 Å². The monoisotopic (exact) mass is 484 g/mol. The number of rotatable bonds is 8. The summed E-state index contributed by atoms with van der Waals surface area (Å²) >= 11 is 6.37. The number of anilines is 2. The predicted molar refractivity (Wildman–Crippen MR) is 132 cm³/mol. The van der Waals surface area contributed by atoms with E-state index in [1.54, 1.807) is 42.2 Å². The van der Waals surface area contributed by atoms with Gasteiger partial charge in [-0.3, -0.25) is 9.59 Å². The average Bonchev–Trinajstić information content (AvgIpc) is 2.80. The Morgan fingerprint density at radius 2 is 1.61 bits per heavy atom. The lowest BCUT2D eigenvalue weighted by atomic mass is 10.1. The molecule has 0 saturated carbocycles. The van der Waals surface area contributed by atoms with E-state index in [4.69, 9.17) is 11.6 Å². The largest absolute Gasteiger partial charge is 0.326 e. The summed E-state index contributed by atoms with van der Waals surface area (Å²) < 4.78 is 23.8. The average molecular weight is 485 g/mol. The Balaban J connectivity index is 1.68. The highest BCUT2D eigenvalue weighted by Crippen LogP contribution is 2.25. The first-order chi connectivity index (χ1) is 15.7. The first-order valence-electron chi connectivity index (χ1n) is 10.5. The number of hydrogen-bond acceptors (Lipinski definition) is 4. The van der Waals surface area contributed by atoms with Crippen molar-refractivity contribution in [3.05, 3.63) is 88.9 Å². The van der Waals surface area contributed by atoms with Gasteiger partial charge in [0.2, 0.25) is 5.91 Å². The standard InChI is InChI=1S/C25H25ClN2O4S/c1-3-28(20-8-6-5-7-9-20)25(30)22-15-12-19(17-23(22)26)27-24(29)16-18-10-13-21(14-11-18)33(31,32)4-2/h5-15,17H,3-4,16H2,1-2H3,(H,27,29). The van der Waals surface area contributed by atoms with Crippen LogP contribution in [0.1, 0.15) is 29.8 Å².